The van der Waals surface area contributed by atoms with Crippen LogP contribution in [0.15, 0.2) is 83.9 Å². The molecular weight excluding hydrogens is 776 g/mol. The minimum atomic E-state index is -4.97. The summed E-state index contributed by atoms with van der Waals surface area (Å²) in [6.07, 6.45) is -15.0. The van der Waals surface area contributed by atoms with Crippen LogP contribution in [-0.4, -0.2) is 6.18 Å². The second-order valence-electron chi connectivity index (χ2n) is 13.4. The fourth-order valence-electron chi connectivity index (χ4n) is 7.42. The van der Waals surface area contributed by atoms with E-state index in [2.05, 4.69) is 0 Å². The van der Waals surface area contributed by atoms with E-state index < -0.39 is 41.6 Å². The number of alkyl halides is 9. The molecule has 0 aliphatic heterocycles. The topological polar surface area (TPSA) is 95.2 Å². The highest BCUT2D eigenvalue weighted by atomic mass is 32.1. The van der Waals surface area contributed by atoms with Crippen molar-refractivity contribution >= 4 is 22.5 Å². The largest absolute Gasteiger partial charge is 0.416 e. The van der Waals surface area contributed by atoms with E-state index in [1.165, 1.54) is 18.2 Å². The Morgan fingerprint density at radius 2 is 0.947 bits per heavy atom. The van der Waals surface area contributed by atoms with Gasteiger partial charge in [-0.15, -0.1) is 11.3 Å². The second-order valence-corrected chi connectivity index (χ2v) is 14.4. The van der Waals surface area contributed by atoms with Crippen molar-refractivity contribution in [2.45, 2.75) is 44.7 Å². The highest BCUT2D eigenvalue weighted by Crippen LogP contribution is 2.62. The molecule has 0 saturated heterocycles. The summed E-state index contributed by atoms with van der Waals surface area (Å²) in [4.78, 5) is 0.787. The van der Waals surface area contributed by atoms with Gasteiger partial charge in [0, 0.05) is 32.0 Å². The van der Waals surface area contributed by atoms with Crippen molar-refractivity contribution in [2.75, 3.05) is 0 Å². The molecule has 0 N–H and O–H groups in total. The quantitative estimate of drug-likeness (QED) is 0.128. The SMILES string of the molecule is CCCc1cc(-c2ccc3c(c2)C(=C(C#N)C#N)c2sc4c(c2-3)-c2ccc(-c3cc(CC(F)(F)F)cc(C(F)(F)F)c3)cc2C4=C(C#N)C#N)cc(C(F)(F)F)c1. The average Bonchev–Trinajstić information content (AvgIpc) is 3.77. The Balaban J connectivity index is 1.46. The first-order valence-corrected chi connectivity index (χ1v) is 17.8. The summed E-state index contributed by atoms with van der Waals surface area (Å²) < 4.78 is 124. The molecule has 2 aliphatic rings. The van der Waals surface area contributed by atoms with Crippen LogP contribution in [-0.2, 0) is 25.2 Å². The molecule has 0 amide bonds. The zero-order valence-electron chi connectivity index (χ0n) is 29.1. The summed E-state index contributed by atoms with van der Waals surface area (Å²) in [6, 6.07) is 22.6. The minimum absolute atomic E-state index is 0.0770. The molecule has 14 heteroatoms. The number of rotatable bonds is 5. The molecule has 1 aromatic heterocycles. The third-order valence-electron chi connectivity index (χ3n) is 9.68. The summed E-state index contributed by atoms with van der Waals surface area (Å²) in [5.41, 5.74) is 0.364. The summed E-state index contributed by atoms with van der Waals surface area (Å²) in [6.45, 7) is 1.84. The molecule has 0 bridgehead atoms. The Labute approximate surface area is 322 Å². The maximum absolute atomic E-state index is 14.0. The van der Waals surface area contributed by atoms with Crippen LogP contribution in [0.25, 0.3) is 55.7 Å². The van der Waals surface area contributed by atoms with Gasteiger partial charge in [-0.2, -0.15) is 60.6 Å². The minimum Gasteiger partial charge on any atom is -0.192 e. The van der Waals surface area contributed by atoms with Crippen LogP contribution in [0.1, 0.15) is 56.5 Å². The Kier molecular flexibility index (Phi) is 9.39. The lowest BCUT2D eigenvalue weighted by atomic mass is 9.92. The highest BCUT2D eigenvalue weighted by molar-refractivity contribution is 7.16. The van der Waals surface area contributed by atoms with Crippen molar-refractivity contribution in [3.8, 4) is 68.8 Å². The Morgan fingerprint density at radius 3 is 1.33 bits per heavy atom. The fourth-order valence-corrected chi connectivity index (χ4v) is 8.88. The molecule has 0 saturated carbocycles. The maximum Gasteiger partial charge on any atom is 0.416 e. The number of thiophene rings is 1. The number of benzene rings is 4. The van der Waals surface area contributed by atoms with Gasteiger partial charge in [-0.25, -0.2) is 0 Å². The van der Waals surface area contributed by atoms with E-state index in [4.69, 9.17) is 0 Å². The molecule has 4 aromatic carbocycles. The number of hydrogen-bond donors (Lipinski definition) is 0. The Bertz CT molecular complexity index is 2760. The second kappa shape index (κ2) is 13.8. The van der Waals surface area contributed by atoms with Crippen LogP contribution < -0.4 is 0 Å². The van der Waals surface area contributed by atoms with Gasteiger partial charge in [-0.05, 0) is 98.5 Å². The van der Waals surface area contributed by atoms with Crippen molar-refractivity contribution < 1.29 is 39.5 Å². The molecule has 5 aromatic rings. The average molecular weight is 797 g/mol. The van der Waals surface area contributed by atoms with Gasteiger partial charge in [0.25, 0.3) is 0 Å². The molecular formula is C43H21F9N4S. The first-order valence-electron chi connectivity index (χ1n) is 17.0. The van der Waals surface area contributed by atoms with Gasteiger partial charge in [0.15, 0.2) is 0 Å². The molecule has 0 fully saturated rings. The zero-order valence-corrected chi connectivity index (χ0v) is 30.0. The summed E-state index contributed by atoms with van der Waals surface area (Å²) in [5.74, 6) is 0. The van der Waals surface area contributed by atoms with Gasteiger partial charge >= 0.3 is 18.5 Å². The molecule has 0 spiro atoms. The molecule has 7 rings (SSSR count). The van der Waals surface area contributed by atoms with Crippen LogP contribution in [0, 0.1) is 45.3 Å². The first kappa shape index (κ1) is 38.7. The van der Waals surface area contributed by atoms with E-state index in [9.17, 15) is 60.6 Å². The maximum atomic E-state index is 14.0. The van der Waals surface area contributed by atoms with Crippen LogP contribution in [0.3, 0.4) is 0 Å². The van der Waals surface area contributed by atoms with Crippen molar-refractivity contribution in [1.29, 1.82) is 21.0 Å². The number of allylic oxidation sites excluding steroid dienone is 2. The molecule has 1 heterocycles. The smallest absolute Gasteiger partial charge is 0.192 e. The third kappa shape index (κ3) is 6.84. The lowest BCUT2D eigenvalue weighted by Crippen LogP contribution is -2.13. The van der Waals surface area contributed by atoms with Gasteiger partial charge in [-0.3, -0.25) is 0 Å². The molecule has 4 nitrogen and oxygen atoms in total. The van der Waals surface area contributed by atoms with Crippen LogP contribution in [0.2, 0.25) is 0 Å². The lowest BCUT2D eigenvalue weighted by molar-refractivity contribution is -0.138. The van der Waals surface area contributed by atoms with E-state index >= 15 is 0 Å². The van der Waals surface area contributed by atoms with Crippen molar-refractivity contribution in [3.05, 3.63) is 127 Å². The number of aryl methyl sites for hydroxylation is 1. The van der Waals surface area contributed by atoms with Crippen molar-refractivity contribution in [3.63, 3.8) is 0 Å². The molecule has 2 aliphatic carbocycles. The number of fused-ring (bicyclic) bond motifs is 7. The van der Waals surface area contributed by atoms with Gasteiger partial charge in [0.05, 0.1) is 17.5 Å². The van der Waals surface area contributed by atoms with Gasteiger partial charge < -0.3 is 0 Å². The fraction of sp³-hybridized carbons (Fsp3) is 0.163. The van der Waals surface area contributed by atoms with Gasteiger partial charge in [-0.1, -0.05) is 49.7 Å². The van der Waals surface area contributed by atoms with E-state index in [1.54, 1.807) is 24.3 Å². The van der Waals surface area contributed by atoms with E-state index in [0.29, 0.717) is 73.7 Å². The number of nitriles is 4. The molecule has 282 valence electrons. The Morgan fingerprint density at radius 1 is 0.526 bits per heavy atom. The summed E-state index contributed by atoms with van der Waals surface area (Å²) >= 11 is 1.05. The number of hydrogen-bond acceptors (Lipinski definition) is 5. The standard InChI is InChI=1S/C43H21F9N4S/c1-2-3-21-8-25(12-29(10-21)42(47,48)49)23-4-6-31-33(14-23)35(27(17-53)18-54)39-37(31)38-32-7-5-24(15-34(32)36(40(38)57-39)28(19-55)20-56)26-9-22(16-41(44,45)46)11-30(13-26)43(50,51)52/h4-15H,2-3,16H2,1H3. The predicted octanol–water partition coefficient (Wildman–Crippen LogP) is 12.8. The monoisotopic (exact) mass is 796 g/mol. The molecule has 0 unspecified atom stereocenters. The van der Waals surface area contributed by atoms with Crippen molar-refractivity contribution in [2.24, 2.45) is 0 Å². The molecule has 0 radical (unpaired) electrons. The van der Waals surface area contributed by atoms with Crippen molar-refractivity contribution in [1.82, 2.24) is 0 Å². The zero-order chi connectivity index (χ0) is 41.2. The normalized spacial score (nSPS) is 12.8. The highest BCUT2D eigenvalue weighted by Gasteiger charge is 2.40. The first-order chi connectivity index (χ1) is 26.9. The number of nitrogens with zero attached hydrogens (tertiary/aromatic N) is 4. The third-order valence-corrected chi connectivity index (χ3v) is 10.9. The van der Waals surface area contributed by atoms with Gasteiger partial charge in [0.1, 0.15) is 35.4 Å². The number of halogens is 9. The Hall–Kier alpha value is -6.61. The lowest BCUT2D eigenvalue weighted by Gasteiger charge is -2.15. The molecule has 57 heavy (non-hydrogen) atoms. The van der Waals surface area contributed by atoms with E-state index in [1.807, 2.05) is 31.2 Å². The van der Waals surface area contributed by atoms with E-state index in [-0.39, 0.29) is 44.5 Å². The van der Waals surface area contributed by atoms with Crippen LogP contribution in [0.5, 0.6) is 0 Å². The predicted molar refractivity (Wildman–Crippen MR) is 194 cm³/mol. The van der Waals surface area contributed by atoms with Crippen LogP contribution >= 0.6 is 11.3 Å². The van der Waals surface area contributed by atoms with E-state index in [0.717, 1.165) is 29.5 Å². The summed E-state index contributed by atoms with van der Waals surface area (Å²) in [7, 11) is 0. The van der Waals surface area contributed by atoms with Gasteiger partial charge in [0.2, 0.25) is 0 Å². The van der Waals surface area contributed by atoms with Crippen LogP contribution in [0.4, 0.5) is 39.5 Å². The molecule has 0 atom stereocenters. The summed E-state index contributed by atoms with van der Waals surface area (Å²) in [5, 5.41) is 40.3.